The molecule has 0 saturated heterocycles. The first-order valence-corrected chi connectivity index (χ1v) is 6.95. The fourth-order valence-electron chi connectivity index (χ4n) is 2.31. The van der Waals surface area contributed by atoms with Crippen LogP contribution >= 0.6 is 11.3 Å². The predicted molar refractivity (Wildman–Crippen MR) is 74.8 cm³/mol. The first-order chi connectivity index (χ1) is 9.28. The smallest absolute Gasteiger partial charge is 0.349 e. The van der Waals surface area contributed by atoms with Crippen molar-refractivity contribution in [3.8, 4) is 0 Å². The van der Waals surface area contributed by atoms with E-state index in [1.165, 1.54) is 29.6 Å². The minimum absolute atomic E-state index is 0.334. The minimum atomic E-state index is -0.334. The molecule has 1 N–H and O–H groups in total. The number of benzene rings is 1. The summed E-state index contributed by atoms with van der Waals surface area (Å²) >= 11 is 1.33. The number of ether oxygens (including phenoxy) is 1. The fraction of sp³-hybridized carbons (Fsp3) is 0.286. The third kappa shape index (κ3) is 2.33. The average molecular weight is 274 g/mol. The van der Waals surface area contributed by atoms with Gasteiger partial charge in [-0.25, -0.2) is 9.78 Å². The standard InChI is InChI=1S/C14H14N2O2S/c1-18-13(17)12-8-16-14(19-12)15-7-10-6-9-4-2-3-5-11(9)10/h2-5,8,10H,6-7H2,1H3,(H,15,16). The molecule has 98 valence electrons. The van der Waals surface area contributed by atoms with Crippen molar-refractivity contribution in [3.05, 3.63) is 46.5 Å². The molecule has 3 rings (SSSR count). The van der Waals surface area contributed by atoms with Gasteiger partial charge in [-0.05, 0) is 17.5 Å². The van der Waals surface area contributed by atoms with Crippen molar-refractivity contribution in [1.82, 2.24) is 4.98 Å². The van der Waals surface area contributed by atoms with E-state index in [4.69, 9.17) is 0 Å². The number of hydrogen-bond donors (Lipinski definition) is 1. The third-order valence-corrected chi connectivity index (χ3v) is 4.29. The average Bonchev–Trinajstić information content (AvgIpc) is 2.88. The monoisotopic (exact) mass is 274 g/mol. The summed E-state index contributed by atoms with van der Waals surface area (Å²) in [5.74, 6) is 0.209. The van der Waals surface area contributed by atoms with Gasteiger partial charge in [-0.1, -0.05) is 35.6 Å². The molecule has 1 aliphatic rings. The van der Waals surface area contributed by atoms with E-state index in [0.717, 1.165) is 18.1 Å². The molecule has 0 fully saturated rings. The summed E-state index contributed by atoms with van der Waals surface area (Å²) in [4.78, 5) is 16.0. The fourth-order valence-corrected chi connectivity index (χ4v) is 3.05. The molecule has 0 amide bonds. The SMILES string of the molecule is COC(=O)c1cnc(NCC2Cc3ccccc32)s1. The zero-order valence-electron chi connectivity index (χ0n) is 10.6. The van der Waals surface area contributed by atoms with Gasteiger partial charge in [0.15, 0.2) is 5.13 Å². The van der Waals surface area contributed by atoms with E-state index in [1.807, 2.05) is 0 Å². The molecule has 0 saturated carbocycles. The quantitative estimate of drug-likeness (QED) is 0.871. The highest BCUT2D eigenvalue weighted by molar-refractivity contribution is 7.17. The van der Waals surface area contributed by atoms with Gasteiger partial charge in [0, 0.05) is 12.5 Å². The molecule has 0 bridgehead atoms. The maximum atomic E-state index is 11.3. The number of rotatable bonds is 4. The molecule has 0 aliphatic heterocycles. The Hall–Kier alpha value is -1.88. The predicted octanol–water partition coefficient (Wildman–Crippen LogP) is 2.68. The van der Waals surface area contributed by atoms with Crippen LogP contribution in [0.3, 0.4) is 0 Å². The highest BCUT2D eigenvalue weighted by Crippen LogP contribution is 2.35. The van der Waals surface area contributed by atoms with Gasteiger partial charge in [-0.3, -0.25) is 0 Å². The topological polar surface area (TPSA) is 51.2 Å². The summed E-state index contributed by atoms with van der Waals surface area (Å²) in [5, 5.41) is 4.05. The third-order valence-electron chi connectivity index (χ3n) is 3.35. The lowest BCUT2D eigenvalue weighted by Gasteiger charge is -2.30. The summed E-state index contributed by atoms with van der Waals surface area (Å²) in [5.41, 5.74) is 2.85. The van der Waals surface area contributed by atoms with E-state index in [1.54, 1.807) is 6.20 Å². The number of aromatic nitrogens is 1. The highest BCUT2D eigenvalue weighted by atomic mass is 32.1. The van der Waals surface area contributed by atoms with Crippen LogP contribution < -0.4 is 5.32 Å². The zero-order chi connectivity index (χ0) is 13.2. The summed E-state index contributed by atoms with van der Waals surface area (Å²) in [6.07, 6.45) is 2.66. The van der Waals surface area contributed by atoms with Crippen molar-refractivity contribution < 1.29 is 9.53 Å². The molecule has 1 unspecified atom stereocenters. The van der Waals surface area contributed by atoms with Crippen LogP contribution in [0.15, 0.2) is 30.5 Å². The number of nitrogens with zero attached hydrogens (tertiary/aromatic N) is 1. The maximum Gasteiger partial charge on any atom is 0.349 e. The molecule has 1 aromatic carbocycles. The molecular weight excluding hydrogens is 260 g/mol. The van der Waals surface area contributed by atoms with Gasteiger partial charge >= 0.3 is 5.97 Å². The molecule has 2 aromatic rings. The minimum Gasteiger partial charge on any atom is -0.465 e. The van der Waals surface area contributed by atoms with E-state index in [-0.39, 0.29) is 5.97 Å². The van der Waals surface area contributed by atoms with Crippen molar-refractivity contribution in [2.45, 2.75) is 12.3 Å². The van der Waals surface area contributed by atoms with Gasteiger partial charge in [-0.15, -0.1) is 0 Å². The maximum absolute atomic E-state index is 11.3. The number of anilines is 1. The van der Waals surface area contributed by atoms with Crippen LogP contribution in [0.1, 0.15) is 26.7 Å². The Labute approximate surface area is 115 Å². The highest BCUT2D eigenvalue weighted by Gasteiger charge is 2.25. The summed E-state index contributed by atoms with van der Waals surface area (Å²) in [6, 6.07) is 8.49. The van der Waals surface area contributed by atoms with Crippen molar-refractivity contribution in [2.75, 3.05) is 19.0 Å². The van der Waals surface area contributed by atoms with Crippen LogP contribution in [0.4, 0.5) is 5.13 Å². The molecule has 0 radical (unpaired) electrons. The van der Waals surface area contributed by atoms with E-state index in [0.29, 0.717) is 10.8 Å². The number of carbonyl (C=O) groups excluding carboxylic acids is 1. The number of carbonyl (C=O) groups is 1. The van der Waals surface area contributed by atoms with Crippen LogP contribution in [0.2, 0.25) is 0 Å². The Morgan fingerprint density at radius 2 is 2.37 bits per heavy atom. The van der Waals surface area contributed by atoms with Crippen LogP contribution in [0, 0.1) is 0 Å². The van der Waals surface area contributed by atoms with E-state index >= 15 is 0 Å². The molecule has 5 heteroatoms. The van der Waals surface area contributed by atoms with Crippen LogP contribution in [0.5, 0.6) is 0 Å². The number of nitrogens with one attached hydrogen (secondary N) is 1. The van der Waals surface area contributed by atoms with E-state index in [9.17, 15) is 4.79 Å². The Morgan fingerprint density at radius 1 is 1.53 bits per heavy atom. The molecule has 0 spiro atoms. The van der Waals surface area contributed by atoms with E-state index < -0.39 is 0 Å². The molecule has 1 heterocycles. The summed E-state index contributed by atoms with van der Waals surface area (Å²) in [6.45, 7) is 0.852. The van der Waals surface area contributed by atoms with Gasteiger partial charge in [0.2, 0.25) is 0 Å². The first kappa shape index (κ1) is 12.2. The second kappa shape index (κ2) is 5.01. The summed E-state index contributed by atoms with van der Waals surface area (Å²) < 4.78 is 4.66. The number of methoxy groups -OCH3 is 1. The molecular formula is C14H14N2O2S. The normalized spacial score (nSPS) is 16.4. The second-order valence-electron chi connectivity index (χ2n) is 4.50. The molecule has 1 aliphatic carbocycles. The first-order valence-electron chi connectivity index (χ1n) is 6.13. The van der Waals surface area contributed by atoms with Crippen molar-refractivity contribution >= 4 is 22.4 Å². The Morgan fingerprint density at radius 3 is 3.16 bits per heavy atom. The largest absolute Gasteiger partial charge is 0.465 e. The Balaban J connectivity index is 1.59. The number of fused-ring (bicyclic) bond motifs is 1. The second-order valence-corrected chi connectivity index (χ2v) is 5.53. The van der Waals surface area contributed by atoms with Crippen molar-refractivity contribution in [2.24, 2.45) is 0 Å². The van der Waals surface area contributed by atoms with Crippen LogP contribution in [-0.2, 0) is 11.2 Å². The van der Waals surface area contributed by atoms with Crippen molar-refractivity contribution in [3.63, 3.8) is 0 Å². The van der Waals surface area contributed by atoms with Gasteiger partial charge in [0.25, 0.3) is 0 Å². The lowest BCUT2D eigenvalue weighted by atomic mass is 9.78. The molecule has 1 atom stereocenters. The van der Waals surface area contributed by atoms with Crippen LogP contribution in [-0.4, -0.2) is 24.6 Å². The summed E-state index contributed by atoms with van der Waals surface area (Å²) in [7, 11) is 1.38. The lowest BCUT2D eigenvalue weighted by Crippen LogP contribution is -2.24. The number of esters is 1. The van der Waals surface area contributed by atoms with Crippen molar-refractivity contribution in [1.29, 1.82) is 0 Å². The Bertz CT molecular complexity index is 609. The van der Waals surface area contributed by atoms with Gasteiger partial charge in [0.05, 0.1) is 13.3 Å². The zero-order valence-corrected chi connectivity index (χ0v) is 11.4. The lowest BCUT2D eigenvalue weighted by molar-refractivity contribution is 0.0606. The molecule has 4 nitrogen and oxygen atoms in total. The van der Waals surface area contributed by atoms with Gasteiger partial charge < -0.3 is 10.1 Å². The van der Waals surface area contributed by atoms with Gasteiger partial charge in [-0.2, -0.15) is 0 Å². The number of thiazole rings is 1. The molecule has 19 heavy (non-hydrogen) atoms. The van der Waals surface area contributed by atoms with Gasteiger partial charge in [0.1, 0.15) is 4.88 Å². The van der Waals surface area contributed by atoms with Crippen LogP contribution in [0.25, 0.3) is 0 Å². The van der Waals surface area contributed by atoms with E-state index in [2.05, 4.69) is 39.3 Å². The number of hydrogen-bond acceptors (Lipinski definition) is 5. The molecule has 1 aromatic heterocycles. The Kier molecular flexibility index (Phi) is 3.21.